The van der Waals surface area contributed by atoms with Gasteiger partial charge in [0.2, 0.25) is 5.91 Å². The van der Waals surface area contributed by atoms with Crippen molar-refractivity contribution >= 4 is 29.9 Å². The van der Waals surface area contributed by atoms with E-state index in [1.54, 1.807) is 6.07 Å². The van der Waals surface area contributed by atoms with Crippen LogP contribution in [0.25, 0.3) is 0 Å². The number of ether oxygens (including phenoxy) is 1. The van der Waals surface area contributed by atoms with Crippen LogP contribution >= 0.6 is 24.0 Å². The Kier molecular flexibility index (Phi) is 6.01. The molecule has 2 aliphatic rings. The van der Waals surface area contributed by atoms with Crippen LogP contribution in [0.3, 0.4) is 0 Å². The van der Waals surface area contributed by atoms with Gasteiger partial charge in [0.05, 0.1) is 23.7 Å². The smallest absolute Gasteiger partial charge is 0.262 e. The van der Waals surface area contributed by atoms with Crippen molar-refractivity contribution in [1.29, 1.82) is 0 Å². The highest BCUT2D eigenvalue weighted by Gasteiger charge is 2.43. The molecular weight excluding hydrogens is 368 g/mol. The topological polar surface area (TPSA) is 50.4 Å². The lowest BCUT2D eigenvalue weighted by Crippen LogP contribution is -2.46. The first-order valence-corrected chi connectivity index (χ1v) is 7.72. The second kappa shape index (κ2) is 7.47. The van der Waals surface area contributed by atoms with Crippen molar-refractivity contribution in [2.45, 2.75) is 37.0 Å². The molecule has 0 radical (unpaired) electrons. The van der Waals surface area contributed by atoms with Gasteiger partial charge in [-0.2, -0.15) is 0 Å². The predicted octanol–water partition coefficient (Wildman–Crippen LogP) is 2.84. The van der Waals surface area contributed by atoms with Gasteiger partial charge in [0.1, 0.15) is 11.9 Å². The Bertz CT molecular complexity index is 618. The summed E-state index contributed by atoms with van der Waals surface area (Å²) < 4.78 is 45.5. The SMILES string of the molecule is Cl.O=C(NC1CCOC1c1ccc(Cl)c(F)c1)C1CC(F)(F)CN1. The molecule has 1 aromatic carbocycles. The maximum Gasteiger partial charge on any atom is 0.262 e. The monoisotopic (exact) mass is 384 g/mol. The van der Waals surface area contributed by atoms with Crippen molar-refractivity contribution in [2.75, 3.05) is 13.2 Å². The lowest BCUT2D eigenvalue weighted by molar-refractivity contribution is -0.124. The molecule has 3 rings (SSSR count). The van der Waals surface area contributed by atoms with E-state index in [0.29, 0.717) is 18.6 Å². The quantitative estimate of drug-likeness (QED) is 0.842. The first-order valence-electron chi connectivity index (χ1n) is 7.34. The van der Waals surface area contributed by atoms with Crippen LogP contribution in [0, 0.1) is 5.82 Å². The molecule has 2 heterocycles. The number of hydrogen-bond acceptors (Lipinski definition) is 3. The summed E-state index contributed by atoms with van der Waals surface area (Å²) in [6, 6.07) is 3.00. The standard InChI is InChI=1S/C15H16ClF3N2O2.ClH/c16-9-2-1-8(5-10(9)17)13-11(3-4-23-13)21-14(22)12-6-15(18,19)7-20-12;/h1-2,5,11-13,20H,3-4,6-7H2,(H,21,22);1H. The number of hydrogen-bond donors (Lipinski definition) is 2. The van der Waals surface area contributed by atoms with E-state index < -0.39 is 42.8 Å². The summed E-state index contributed by atoms with van der Waals surface area (Å²) in [6.45, 7) is -0.105. The van der Waals surface area contributed by atoms with Crippen LogP contribution in [0.1, 0.15) is 24.5 Å². The van der Waals surface area contributed by atoms with Gasteiger partial charge in [-0.15, -0.1) is 12.4 Å². The second-order valence-electron chi connectivity index (χ2n) is 5.86. The summed E-state index contributed by atoms with van der Waals surface area (Å²) in [6.07, 6.45) is -0.510. The van der Waals surface area contributed by atoms with Gasteiger partial charge >= 0.3 is 0 Å². The maximum atomic E-state index is 13.6. The number of alkyl halides is 2. The maximum absolute atomic E-state index is 13.6. The molecule has 2 N–H and O–H groups in total. The predicted molar refractivity (Wildman–Crippen MR) is 85.3 cm³/mol. The highest BCUT2D eigenvalue weighted by atomic mass is 35.5. The molecule has 2 aliphatic heterocycles. The zero-order valence-corrected chi connectivity index (χ0v) is 14.1. The second-order valence-corrected chi connectivity index (χ2v) is 6.27. The normalized spacial score (nSPS) is 28.4. The van der Waals surface area contributed by atoms with Crippen molar-refractivity contribution < 1.29 is 22.7 Å². The number of carbonyl (C=O) groups excluding carboxylic acids is 1. The van der Waals surface area contributed by atoms with Gasteiger partial charge in [0.25, 0.3) is 5.92 Å². The van der Waals surface area contributed by atoms with Crippen molar-refractivity contribution in [1.82, 2.24) is 10.6 Å². The number of carbonyl (C=O) groups is 1. The van der Waals surface area contributed by atoms with E-state index in [2.05, 4.69) is 10.6 Å². The van der Waals surface area contributed by atoms with Crippen molar-refractivity contribution in [3.8, 4) is 0 Å². The number of amides is 1. The van der Waals surface area contributed by atoms with Gasteiger partial charge in [0.15, 0.2) is 0 Å². The minimum atomic E-state index is -2.87. The Balaban J connectivity index is 0.00000208. The van der Waals surface area contributed by atoms with Gasteiger partial charge < -0.3 is 10.1 Å². The van der Waals surface area contributed by atoms with E-state index in [1.807, 2.05) is 0 Å². The third-order valence-corrected chi connectivity index (χ3v) is 4.42. The molecule has 9 heteroatoms. The average molecular weight is 385 g/mol. The number of halogens is 5. The summed E-state index contributed by atoms with van der Waals surface area (Å²) in [5.41, 5.74) is 0.555. The summed E-state index contributed by atoms with van der Waals surface area (Å²) in [7, 11) is 0. The van der Waals surface area contributed by atoms with Crippen LogP contribution in [0.4, 0.5) is 13.2 Å². The molecule has 2 saturated heterocycles. The average Bonchev–Trinajstić information content (AvgIpc) is 3.08. The molecule has 0 spiro atoms. The number of rotatable bonds is 3. The molecule has 0 saturated carbocycles. The molecular formula is C15H17Cl2F3N2O2. The van der Waals surface area contributed by atoms with Gasteiger partial charge in [-0.25, -0.2) is 13.2 Å². The highest BCUT2D eigenvalue weighted by Crippen LogP contribution is 2.32. The molecule has 134 valence electrons. The van der Waals surface area contributed by atoms with E-state index >= 15 is 0 Å². The lowest BCUT2D eigenvalue weighted by atomic mass is 10.0. The number of nitrogens with one attached hydrogen (secondary N) is 2. The molecule has 1 aromatic rings. The fourth-order valence-electron chi connectivity index (χ4n) is 2.94. The molecule has 4 nitrogen and oxygen atoms in total. The molecule has 0 aliphatic carbocycles. The Hall–Kier alpha value is -1.02. The fourth-order valence-corrected chi connectivity index (χ4v) is 3.06. The Morgan fingerprint density at radius 1 is 1.42 bits per heavy atom. The van der Waals surface area contributed by atoms with E-state index in [-0.39, 0.29) is 23.5 Å². The van der Waals surface area contributed by atoms with Crippen molar-refractivity contribution in [3.05, 3.63) is 34.6 Å². The van der Waals surface area contributed by atoms with Crippen LogP contribution in [-0.2, 0) is 9.53 Å². The first-order chi connectivity index (χ1) is 10.9. The molecule has 3 atom stereocenters. The molecule has 24 heavy (non-hydrogen) atoms. The van der Waals surface area contributed by atoms with E-state index in [9.17, 15) is 18.0 Å². The lowest BCUT2D eigenvalue weighted by Gasteiger charge is -2.22. The summed E-state index contributed by atoms with van der Waals surface area (Å²) in [5, 5.41) is 5.24. The molecule has 0 aromatic heterocycles. The Morgan fingerprint density at radius 2 is 2.17 bits per heavy atom. The van der Waals surface area contributed by atoms with E-state index in [1.165, 1.54) is 12.1 Å². The molecule has 2 fully saturated rings. The molecule has 3 unspecified atom stereocenters. The van der Waals surface area contributed by atoms with Crippen molar-refractivity contribution in [2.24, 2.45) is 0 Å². The van der Waals surface area contributed by atoms with Gasteiger partial charge in [-0.05, 0) is 24.1 Å². The first kappa shape index (κ1) is 19.3. The van der Waals surface area contributed by atoms with Crippen LogP contribution < -0.4 is 10.6 Å². The summed E-state index contributed by atoms with van der Waals surface area (Å²) >= 11 is 5.66. The van der Waals surface area contributed by atoms with Crippen LogP contribution in [0.15, 0.2) is 18.2 Å². The highest BCUT2D eigenvalue weighted by molar-refractivity contribution is 6.30. The fraction of sp³-hybridized carbons (Fsp3) is 0.533. The summed E-state index contributed by atoms with van der Waals surface area (Å²) in [4.78, 5) is 12.1. The zero-order valence-electron chi connectivity index (χ0n) is 12.5. The van der Waals surface area contributed by atoms with E-state index in [0.717, 1.165) is 0 Å². The molecule has 1 amide bonds. The largest absolute Gasteiger partial charge is 0.371 e. The van der Waals surface area contributed by atoms with Crippen LogP contribution in [0.2, 0.25) is 5.02 Å². The molecule has 0 bridgehead atoms. The minimum Gasteiger partial charge on any atom is -0.371 e. The Labute approximate surface area is 148 Å². The zero-order chi connectivity index (χ0) is 16.6. The van der Waals surface area contributed by atoms with E-state index in [4.69, 9.17) is 16.3 Å². The number of benzene rings is 1. The summed E-state index contributed by atoms with van der Waals surface area (Å²) in [5.74, 6) is -3.92. The van der Waals surface area contributed by atoms with Gasteiger partial charge in [0, 0.05) is 13.0 Å². The van der Waals surface area contributed by atoms with Crippen LogP contribution in [0.5, 0.6) is 0 Å². The van der Waals surface area contributed by atoms with Gasteiger partial charge in [-0.1, -0.05) is 17.7 Å². The van der Waals surface area contributed by atoms with Gasteiger partial charge in [-0.3, -0.25) is 10.1 Å². The third kappa shape index (κ3) is 4.14. The Morgan fingerprint density at radius 3 is 2.79 bits per heavy atom. The third-order valence-electron chi connectivity index (χ3n) is 4.12. The van der Waals surface area contributed by atoms with Crippen LogP contribution in [-0.4, -0.2) is 37.1 Å². The van der Waals surface area contributed by atoms with Crippen molar-refractivity contribution in [3.63, 3.8) is 0 Å². The minimum absolute atomic E-state index is 0.